The number of hydrogen-bond acceptors (Lipinski definition) is 4. The van der Waals surface area contributed by atoms with Crippen molar-refractivity contribution >= 4 is 27.3 Å². The van der Waals surface area contributed by atoms with Gasteiger partial charge < -0.3 is 15.2 Å². The number of benzene rings is 2. The molecule has 2 aliphatic rings. The van der Waals surface area contributed by atoms with Crippen LogP contribution in [0.5, 0.6) is 0 Å². The minimum Gasteiger partial charge on any atom is -0.372 e. The Hall–Kier alpha value is -3.10. The Morgan fingerprint density at radius 2 is 1.81 bits per heavy atom. The number of fused-ring (bicyclic) bond motifs is 4. The van der Waals surface area contributed by atoms with E-state index in [2.05, 4.69) is 39.6 Å². The van der Waals surface area contributed by atoms with Crippen molar-refractivity contribution < 1.29 is 13.2 Å². The molecule has 1 spiro atoms. The Morgan fingerprint density at radius 1 is 1.06 bits per heavy atom. The van der Waals surface area contributed by atoms with Gasteiger partial charge in [0.2, 0.25) is 15.9 Å². The lowest BCUT2D eigenvalue weighted by Gasteiger charge is -2.46. The van der Waals surface area contributed by atoms with E-state index in [0.717, 1.165) is 22.6 Å². The fraction of sp³-hybridized carbons (Fsp3) is 0.292. The van der Waals surface area contributed by atoms with Gasteiger partial charge >= 0.3 is 0 Å². The summed E-state index contributed by atoms with van der Waals surface area (Å²) in [6.07, 6.45) is 3.35. The van der Waals surface area contributed by atoms with E-state index in [-0.39, 0.29) is 16.3 Å². The molecule has 0 saturated carbocycles. The van der Waals surface area contributed by atoms with Crippen molar-refractivity contribution in [3.05, 3.63) is 72.1 Å². The monoisotopic (exact) mass is 450 g/mol. The van der Waals surface area contributed by atoms with E-state index >= 15 is 0 Å². The molecule has 3 aromatic rings. The number of aromatic nitrogens is 1. The maximum atomic E-state index is 13.6. The molecule has 3 heterocycles. The van der Waals surface area contributed by atoms with Crippen molar-refractivity contribution in [1.29, 1.82) is 0 Å². The molecule has 32 heavy (non-hydrogen) atoms. The van der Waals surface area contributed by atoms with Crippen molar-refractivity contribution in [1.82, 2.24) is 8.87 Å². The first-order valence-corrected chi connectivity index (χ1v) is 12.2. The number of carbonyl (C=O) groups is 1. The molecule has 0 unspecified atom stereocenters. The largest absolute Gasteiger partial charge is 0.372 e. The molecule has 0 radical (unpaired) electrons. The van der Waals surface area contributed by atoms with Crippen LogP contribution in [0.4, 0.5) is 11.4 Å². The van der Waals surface area contributed by atoms with Crippen molar-refractivity contribution in [3.63, 3.8) is 0 Å². The quantitative estimate of drug-likeness (QED) is 0.635. The summed E-state index contributed by atoms with van der Waals surface area (Å²) in [6, 6.07) is 17.4. The fourth-order valence-electron chi connectivity index (χ4n) is 4.86. The Morgan fingerprint density at radius 3 is 2.56 bits per heavy atom. The zero-order valence-electron chi connectivity index (χ0n) is 18.1. The number of nitrogens with zero attached hydrogens (tertiary/aromatic N) is 2. The van der Waals surface area contributed by atoms with Gasteiger partial charge in [0, 0.05) is 31.9 Å². The van der Waals surface area contributed by atoms with E-state index in [1.54, 1.807) is 18.2 Å². The van der Waals surface area contributed by atoms with Crippen LogP contribution < -0.4 is 10.6 Å². The smallest absolute Gasteiger partial charge is 0.245 e. The molecule has 1 saturated heterocycles. The molecule has 1 fully saturated rings. The summed E-state index contributed by atoms with van der Waals surface area (Å²) in [5.41, 5.74) is 4.14. The molecule has 2 aromatic carbocycles. The predicted octanol–water partition coefficient (Wildman–Crippen LogP) is 3.85. The molecule has 0 atom stereocenters. The Labute approximate surface area is 188 Å². The topological polar surface area (TPSA) is 83.4 Å². The van der Waals surface area contributed by atoms with Crippen LogP contribution >= 0.6 is 0 Å². The zero-order chi connectivity index (χ0) is 22.5. The van der Waals surface area contributed by atoms with Crippen LogP contribution in [0.15, 0.2) is 65.7 Å². The highest BCUT2D eigenvalue weighted by molar-refractivity contribution is 7.89. The zero-order valence-corrected chi connectivity index (χ0v) is 18.9. The van der Waals surface area contributed by atoms with Crippen molar-refractivity contribution in [2.24, 2.45) is 0 Å². The van der Waals surface area contributed by atoms with Crippen molar-refractivity contribution in [2.75, 3.05) is 23.7 Å². The normalized spacial score (nSPS) is 17.3. The molecule has 166 valence electrons. The average molecular weight is 451 g/mol. The minimum absolute atomic E-state index is 0.147. The standard InChI is InChI=1S/C24H26N4O3S/c1-17-9-10-20(25-18(2)29)22(16-17)32(30,31)27-14-11-24(12-15-27)23-8-5-13-28(23)21-7-4-3-6-19(21)26-24/h3-10,13,16,26H,11-12,14-15H2,1-2H3,(H,25,29). The van der Waals surface area contributed by atoms with E-state index in [9.17, 15) is 13.2 Å². The number of aryl methyl sites for hydroxylation is 1. The summed E-state index contributed by atoms with van der Waals surface area (Å²) in [7, 11) is -3.76. The lowest BCUT2D eigenvalue weighted by atomic mass is 9.83. The van der Waals surface area contributed by atoms with E-state index in [0.29, 0.717) is 31.6 Å². The molecule has 7 nitrogen and oxygen atoms in total. The first-order valence-electron chi connectivity index (χ1n) is 10.7. The van der Waals surface area contributed by atoms with E-state index < -0.39 is 10.0 Å². The molecule has 0 aliphatic carbocycles. The predicted molar refractivity (Wildman–Crippen MR) is 125 cm³/mol. The maximum Gasteiger partial charge on any atom is 0.245 e. The van der Waals surface area contributed by atoms with Crippen molar-refractivity contribution in [3.8, 4) is 5.69 Å². The van der Waals surface area contributed by atoms with Crippen LogP contribution in [-0.4, -0.2) is 36.3 Å². The number of sulfonamides is 1. The SMILES string of the molecule is CC(=O)Nc1ccc(C)cc1S(=O)(=O)N1CCC2(CC1)Nc1ccccc1-n1cccc12. The lowest BCUT2D eigenvalue weighted by molar-refractivity contribution is -0.114. The molecule has 0 bridgehead atoms. The van der Waals surface area contributed by atoms with Gasteiger partial charge in [0.1, 0.15) is 4.90 Å². The molecule has 8 heteroatoms. The van der Waals surface area contributed by atoms with Gasteiger partial charge in [-0.2, -0.15) is 4.31 Å². The maximum absolute atomic E-state index is 13.6. The van der Waals surface area contributed by atoms with Crippen LogP contribution in [0.3, 0.4) is 0 Å². The molecule has 1 amide bonds. The third-order valence-corrected chi connectivity index (χ3v) is 8.36. The molecular formula is C24H26N4O3S. The van der Waals surface area contributed by atoms with Crippen LogP contribution in [0.25, 0.3) is 5.69 Å². The van der Waals surface area contributed by atoms with Gasteiger partial charge in [0.05, 0.1) is 22.6 Å². The third kappa shape index (κ3) is 3.30. The van der Waals surface area contributed by atoms with E-state index in [1.165, 1.54) is 11.2 Å². The van der Waals surface area contributed by atoms with Gasteiger partial charge in [-0.25, -0.2) is 8.42 Å². The second-order valence-electron chi connectivity index (χ2n) is 8.57. The summed E-state index contributed by atoms with van der Waals surface area (Å²) in [6.45, 7) is 3.99. The Kier molecular flexibility index (Phi) is 4.87. The molecule has 2 N–H and O–H groups in total. The van der Waals surface area contributed by atoms with Gasteiger partial charge in [-0.15, -0.1) is 0 Å². The van der Waals surface area contributed by atoms with E-state index in [4.69, 9.17) is 0 Å². The van der Waals surface area contributed by atoms with Crippen LogP contribution in [0, 0.1) is 6.92 Å². The van der Waals surface area contributed by atoms with Crippen LogP contribution in [-0.2, 0) is 20.4 Å². The highest BCUT2D eigenvalue weighted by Crippen LogP contribution is 2.44. The average Bonchev–Trinajstić information content (AvgIpc) is 3.27. The summed E-state index contributed by atoms with van der Waals surface area (Å²) < 4.78 is 30.8. The number of nitrogens with one attached hydrogen (secondary N) is 2. The van der Waals surface area contributed by atoms with Gasteiger partial charge in [-0.05, 0) is 61.7 Å². The summed E-state index contributed by atoms with van der Waals surface area (Å²) >= 11 is 0. The van der Waals surface area contributed by atoms with Gasteiger partial charge in [0.25, 0.3) is 0 Å². The minimum atomic E-state index is -3.76. The van der Waals surface area contributed by atoms with Gasteiger partial charge in [-0.3, -0.25) is 4.79 Å². The first kappa shape index (κ1) is 20.8. The number of carbonyl (C=O) groups excluding carboxylic acids is 1. The second kappa shape index (κ2) is 7.50. The number of para-hydroxylation sites is 2. The Bertz CT molecular complexity index is 1300. The van der Waals surface area contributed by atoms with Crippen LogP contribution in [0.1, 0.15) is 31.0 Å². The number of piperidine rings is 1. The molecule has 5 rings (SSSR count). The Balaban J connectivity index is 1.45. The number of rotatable bonds is 3. The van der Waals surface area contributed by atoms with E-state index in [1.807, 2.05) is 25.1 Å². The highest BCUT2D eigenvalue weighted by atomic mass is 32.2. The molecule has 1 aromatic heterocycles. The number of amides is 1. The fourth-order valence-corrected chi connectivity index (χ4v) is 6.53. The van der Waals surface area contributed by atoms with Gasteiger partial charge in [-0.1, -0.05) is 18.2 Å². The van der Waals surface area contributed by atoms with Crippen LogP contribution in [0.2, 0.25) is 0 Å². The lowest BCUT2D eigenvalue weighted by Crippen LogP contribution is -2.51. The summed E-state index contributed by atoms with van der Waals surface area (Å²) in [5.74, 6) is -0.297. The molecule has 2 aliphatic heterocycles. The van der Waals surface area contributed by atoms with Crippen molar-refractivity contribution in [2.45, 2.75) is 37.1 Å². The van der Waals surface area contributed by atoms with Gasteiger partial charge in [0.15, 0.2) is 0 Å². The number of anilines is 2. The summed E-state index contributed by atoms with van der Waals surface area (Å²) in [5, 5.41) is 6.38. The third-order valence-electron chi connectivity index (χ3n) is 6.42. The number of hydrogen-bond donors (Lipinski definition) is 2. The second-order valence-corrected chi connectivity index (χ2v) is 10.5. The molecular weight excluding hydrogens is 424 g/mol. The highest BCUT2D eigenvalue weighted by Gasteiger charge is 2.44. The summed E-state index contributed by atoms with van der Waals surface area (Å²) in [4.78, 5) is 11.8. The first-order chi connectivity index (χ1) is 15.3.